The van der Waals surface area contributed by atoms with E-state index in [1.165, 1.54) is 6.42 Å². The fourth-order valence-corrected chi connectivity index (χ4v) is 2.12. The van der Waals surface area contributed by atoms with Gasteiger partial charge in [0.05, 0.1) is 0 Å². The van der Waals surface area contributed by atoms with Gasteiger partial charge in [0.15, 0.2) is 0 Å². The van der Waals surface area contributed by atoms with Gasteiger partial charge < -0.3 is 10.1 Å². The Kier molecular flexibility index (Phi) is 3.60. The third-order valence-corrected chi connectivity index (χ3v) is 3.01. The fourth-order valence-electron chi connectivity index (χ4n) is 2.12. The quantitative estimate of drug-likeness (QED) is 0.860. The van der Waals surface area contributed by atoms with Gasteiger partial charge in [-0.3, -0.25) is 0 Å². The van der Waals surface area contributed by atoms with Gasteiger partial charge in [0.25, 0.3) is 0 Å². The van der Waals surface area contributed by atoms with Gasteiger partial charge in [0.1, 0.15) is 18.2 Å². The number of aryl methyl sites for hydroxylation is 2. The lowest BCUT2D eigenvalue weighted by Gasteiger charge is -2.13. The highest BCUT2D eigenvalue weighted by atomic mass is 16.5. The van der Waals surface area contributed by atoms with Gasteiger partial charge in [-0.1, -0.05) is 0 Å². The molecular weight excluding hydrogens is 214 g/mol. The van der Waals surface area contributed by atoms with Crippen LogP contribution in [-0.4, -0.2) is 24.2 Å². The largest absolute Gasteiger partial charge is 0.475 e. The lowest BCUT2D eigenvalue weighted by molar-refractivity contribution is 0.266. The summed E-state index contributed by atoms with van der Waals surface area (Å²) in [6, 6.07) is 4.45. The summed E-state index contributed by atoms with van der Waals surface area (Å²) in [5.74, 6) is 0.471. The second-order valence-electron chi connectivity index (χ2n) is 4.48. The van der Waals surface area contributed by atoms with Crippen LogP contribution in [0.5, 0.6) is 5.88 Å². The monoisotopic (exact) mass is 231 g/mol. The average Bonchev–Trinajstić information content (AvgIpc) is 2.78. The number of pyridine rings is 1. The molecule has 1 aromatic rings. The molecule has 2 heterocycles. The summed E-state index contributed by atoms with van der Waals surface area (Å²) in [7, 11) is 0. The van der Waals surface area contributed by atoms with E-state index in [9.17, 15) is 0 Å². The van der Waals surface area contributed by atoms with Crippen molar-refractivity contribution in [3.8, 4) is 11.9 Å². The summed E-state index contributed by atoms with van der Waals surface area (Å²) in [5, 5.41) is 12.5. The maximum Gasteiger partial charge on any atom is 0.232 e. The van der Waals surface area contributed by atoms with Crippen LogP contribution in [0.15, 0.2) is 6.07 Å². The summed E-state index contributed by atoms with van der Waals surface area (Å²) >= 11 is 0. The van der Waals surface area contributed by atoms with Gasteiger partial charge in [-0.2, -0.15) is 5.26 Å². The van der Waals surface area contributed by atoms with Crippen molar-refractivity contribution in [1.82, 2.24) is 10.3 Å². The minimum atomic E-state index is 0.393. The highest BCUT2D eigenvalue weighted by Gasteiger charge is 2.16. The molecule has 1 atom stereocenters. The van der Waals surface area contributed by atoms with Crippen molar-refractivity contribution in [2.75, 3.05) is 13.2 Å². The van der Waals surface area contributed by atoms with Crippen LogP contribution in [-0.2, 0) is 0 Å². The van der Waals surface area contributed by atoms with Crippen LogP contribution in [0.3, 0.4) is 0 Å². The Balaban J connectivity index is 2.11. The van der Waals surface area contributed by atoms with Crippen LogP contribution in [0.1, 0.15) is 29.7 Å². The maximum atomic E-state index is 9.10. The molecule has 1 fully saturated rings. The molecule has 0 bridgehead atoms. The lowest BCUT2D eigenvalue weighted by Crippen LogP contribution is -2.28. The molecule has 1 aliphatic rings. The molecule has 0 spiro atoms. The summed E-state index contributed by atoms with van der Waals surface area (Å²) in [6.45, 7) is 5.47. The van der Waals surface area contributed by atoms with Crippen molar-refractivity contribution in [2.24, 2.45) is 0 Å². The van der Waals surface area contributed by atoms with E-state index in [1.54, 1.807) is 0 Å². The molecule has 1 aromatic heterocycles. The number of nitrogens with one attached hydrogen (secondary N) is 1. The number of aromatic nitrogens is 1. The van der Waals surface area contributed by atoms with E-state index < -0.39 is 0 Å². The van der Waals surface area contributed by atoms with Crippen LogP contribution in [0.4, 0.5) is 0 Å². The van der Waals surface area contributed by atoms with E-state index in [-0.39, 0.29) is 0 Å². The summed E-state index contributed by atoms with van der Waals surface area (Å²) in [4.78, 5) is 4.29. The Bertz CT molecular complexity index is 445. The Hall–Kier alpha value is -1.60. The number of ether oxygens (including phenoxy) is 1. The molecule has 0 amide bonds. The Labute approximate surface area is 102 Å². The van der Waals surface area contributed by atoms with Gasteiger partial charge in [-0.05, 0) is 44.9 Å². The Morgan fingerprint density at radius 2 is 2.41 bits per heavy atom. The van der Waals surface area contributed by atoms with Crippen molar-refractivity contribution < 1.29 is 4.74 Å². The van der Waals surface area contributed by atoms with Crippen LogP contribution in [0, 0.1) is 25.2 Å². The van der Waals surface area contributed by atoms with Crippen LogP contribution in [0.25, 0.3) is 0 Å². The van der Waals surface area contributed by atoms with Crippen molar-refractivity contribution in [3.63, 3.8) is 0 Å². The minimum absolute atomic E-state index is 0.393. The van der Waals surface area contributed by atoms with Crippen molar-refractivity contribution in [1.29, 1.82) is 5.26 Å². The zero-order chi connectivity index (χ0) is 12.3. The van der Waals surface area contributed by atoms with Gasteiger partial charge in [-0.25, -0.2) is 4.98 Å². The zero-order valence-corrected chi connectivity index (χ0v) is 10.3. The molecule has 1 saturated heterocycles. The van der Waals surface area contributed by atoms with E-state index >= 15 is 0 Å². The van der Waals surface area contributed by atoms with E-state index in [0.717, 1.165) is 24.2 Å². The number of nitriles is 1. The molecule has 4 nitrogen and oxygen atoms in total. The molecule has 1 unspecified atom stereocenters. The van der Waals surface area contributed by atoms with Gasteiger partial charge in [0, 0.05) is 11.7 Å². The van der Waals surface area contributed by atoms with E-state index in [4.69, 9.17) is 10.00 Å². The van der Waals surface area contributed by atoms with Gasteiger partial charge >= 0.3 is 0 Å². The van der Waals surface area contributed by atoms with E-state index in [0.29, 0.717) is 24.1 Å². The second-order valence-corrected chi connectivity index (χ2v) is 4.48. The van der Waals surface area contributed by atoms with Crippen molar-refractivity contribution in [2.45, 2.75) is 32.7 Å². The van der Waals surface area contributed by atoms with E-state index in [1.807, 2.05) is 19.9 Å². The van der Waals surface area contributed by atoms with Crippen LogP contribution < -0.4 is 10.1 Å². The number of hydrogen-bond donors (Lipinski definition) is 1. The molecule has 4 heteroatoms. The normalized spacial score (nSPS) is 19.0. The van der Waals surface area contributed by atoms with Crippen LogP contribution >= 0.6 is 0 Å². The predicted molar refractivity (Wildman–Crippen MR) is 64.9 cm³/mol. The summed E-state index contributed by atoms with van der Waals surface area (Å²) < 4.78 is 5.68. The topological polar surface area (TPSA) is 57.9 Å². The number of rotatable bonds is 3. The van der Waals surface area contributed by atoms with Gasteiger partial charge in [-0.15, -0.1) is 0 Å². The first-order valence-corrected chi connectivity index (χ1v) is 5.95. The molecule has 0 aliphatic carbocycles. The van der Waals surface area contributed by atoms with Gasteiger partial charge in [0.2, 0.25) is 5.88 Å². The molecule has 1 aliphatic heterocycles. The molecular formula is C13H17N3O. The van der Waals surface area contributed by atoms with E-state index in [2.05, 4.69) is 16.4 Å². The highest BCUT2D eigenvalue weighted by molar-refractivity contribution is 5.45. The number of nitrogens with zero attached hydrogens (tertiary/aromatic N) is 2. The zero-order valence-electron chi connectivity index (χ0n) is 10.3. The maximum absolute atomic E-state index is 9.10. The number of hydrogen-bond acceptors (Lipinski definition) is 4. The third kappa shape index (κ3) is 2.75. The molecule has 2 rings (SSSR count). The van der Waals surface area contributed by atoms with Crippen molar-refractivity contribution >= 4 is 0 Å². The van der Waals surface area contributed by atoms with Crippen LogP contribution in [0.2, 0.25) is 0 Å². The first-order chi connectivity index (χ1) is 8.20. The molecule has 0 radical (unpaired) electrons. The first kappa shape index (κ1) is 11.9. The second kappa shape index (κ2) is 5.15. The Morgan fingerprint density at radius 1 is 1.59 bits per heavy atom. The molecule has 1 N–H and O–H groups in total. The predicted octanol–water partition coefficient (Wildman–Crippen LogP) is 1.70. The molecule has 17 heavy (non-hydrogen) atoms. The third-order valence-electron chi connectivity index (χ3n) is 3.01. The standard InChI is InChI=1S/C13H17N3O/c1-9-6-10(2)16-13(12(9)7-14)17-8-11-4-3-5-15-11/h6,11,15H,3-5,8H2,1-2H3. The molecule has 0 aromatic carbocycles. The highest BCUT2D eigenvalue weighted by Crippen LogP contribution is 2.20. The SMILES string of the molecule is Cc1cc(C)c(C#N)c(OCC2CCCN2)n1. The van der Waals surface area contributed by atoms with Crippen molar-refractivity contribution in [3.05, 3.63) is 22.9 Å². The molecule has 0 saturated carbocycles. The summed E-state index contributed by atoms with van der Waals surface area (Å²) in [5.41, 5.74) is 2.36. The average molecular weight is 231 g/mol. The lowest BCUT2D eigenvalue weighted by atomic mass is 10.1. The summed E-state index contributed by atoms with van der Waals surface area (Å²) in [6.07, 6.45) is 2.33. The first-order valence-electron chi connectivity index (χ1n) is 5.95. The minimum Gasteiger partial charge on any atom is -0.475 e. The Morgan fingerprint density at radius 3 is 3.06 bits per heavy atom. The smallest absolute Gasteiger partial charge is 0.232 e. The molecule has 90 valence electrons. The fraction of sp³-hybridized carbons (Fsp3) is 0.538.